The first-order valence-corrected chi connectivity index (χ1v) is 9.88. The first-order chi connectivity index (χ1) is 14.0. The zero-order valence-electron chi connectivity index (χ0n) is 16.1. The van der Waals surface area contributed by atoms with E-state index in [2.05, 4.69) is 25.8 Å². The quantitative estimate of drug-likeness (QED) is 0.490. The lowest BCUT2D eigenvalue weighted by Crippen LogP contribution is -2.14. The minimum atomic E-state index is -0.176. The lowest BCUT2D eigenvalue weighted by atomic mass is 10.2. The van der Waals surface area contributed by atoms with E-state index >= 15 is 0 Å². The zero-order chi connectivity index (χ0) is 20.6. The monoisotopic (exact) mass is 411 g/mol. The van der Waals surface area contributed by atoms with Gasteiger partial charge in [-0.25, -0.2) is 4.98 Å². The van der Waals surface area contributed by atoms with Crippen molar-refractivity contribution in [2.45, 2.75) is 25.6 Å². The van der Waals surface area contributed by atoms with Gasteiger partial charge in [-0.3, -0.25) is 14.7 Å². The SMILES string of the molecule is CC(=O)Nc1ccc(NC(=O)CSc2n[nH]c(COc3ccccc3C)n2)cc1. The zero-order valence-corrected chi connectivity index (χ0v) is 16.9. The van der Waals surface area contributed by atoms with Gasteiger partial charge in [0.15, 0.2) is 5.82 Å². The number of hydrogen-bond donors (Lipinski definition) is 3. The van der Waals surface area contributed by atoms with Crippen LogP contribution in [0.25, 0.3) is 0 Å². The number of amides is 2. The van der Waals surface area contributed by atoms with E-state index in [1.54, 1.807) is 24.3 Å². The van der Waals surface area contributed by atoms with Crippen LogP contribution in [-0.4, -0.2) is 32.7 Å². The number of rotatable bonds is 8. The van der Waals surface area contributed by atoms with Crippen LogP contribution in [0.5, 0.6) is 5.75 Å². The summed E-state index contributed by atoms with van der Waals surface area (Å²) in [6.45, 7) is 3.69. The topological polar surface area (TPSA) is 109 Å². The van der Waals surface area contributed by atoms with Gasteiger partial charge in [0.25, 0.3) is 0 Å². The summed E-state index contributed by atoms with van der Waals surface area (Å²) in [6.07, 6.45) is 0. The smallest absolute Gasteiger partial charge is 0.234 e. The van der Waals surface area contributed by atoms with E-state index in [4.69, 9.17) is 4.74 Å². The molecule has 3 N–H and O–H groups in total. The van der Waals surface area contributed by atoms with Crippen LogP contribution in [0.4, 0.5) is 11.4 Å². The fraction of sp³-hybridized carbons (Fsp3) is 0.200. The molecule has 3 aromatic rings. The van der Waals surface area contributed by atoms with Crippen molar-refractivity contribution in [1.82, 2.24) is 15.2 Å². The Bertz CT molecular complexity index is 988. The molecule has 0 radical (unpaired) electrons. The van der Waals surface area contributed by atoms with E-state index in [1.165, 1.54) is 18.7 Å². The summed E-state index contributed by atoms with van der Waals surface area (Å²) in [5.74, 6) is 1.23. The van der Waals surface area contributed by atoms with Crippen LogP contribution in [0.3, 0.4) is 0 Å². The molecule has 0 aliphatic carbocycles. The molecular weight excluding hydrogens is 390 g/mol. The van der Waals surface area contributed by atoms with Crippen molar-refractivity contribution in [3.8, 4) is 5.75 Å². The van der Waals surface area contributed by atoms with Crippen molar-refractivity contribution in [3.63, 3.8) is 0 Å². The van der Waals surface area contributed by atoms with E-state index in [9.17, 15) is 9.59 Å². The number of H-pyrrole nitrogens is 1. The molecule has 0 aliphatic rings. The molecule has 29 heavy (non-hydrogen) atoms. The maximum absolute atomic E-state index is 12.1. The number of ether oxygens (including phenoxy) is 1. The number of nitrogens with one attached hydrogen (secondary N) is 3. The van der Waals surface area contributed by atoms with Crippen molar-refractivity contribution in [2.75, 3.05) is 16.4 Å². The second-order valence-corrected chi connectivity index (χ2v) is 7.16. The van der Waals surface area contributed by atoms with Crippen LogP contribution < -0.4 is 15.4 Å². The minimum absolute atomic E-state index is 0.145. The number of anilines is 2. The molecule has 8 nitrogen and oxygen atoms in total. The maximum atomic E-state index is 12.1. The summed E-state index contributed by atoms with van der Waals surface area (Å²) in [4.78, 5) is 27.5. The van der Waals surface area contributed by atoms with E-state index in [0.717, 1.165) is 11.3 Å². The molecular formula is C20H21N5O3S. The van der Waals surface area contributed by atoms with Crippen molar-refractivity contribution in [1.29, 1.82) is 0 Å². The normalized spacial score (nSPS) is 10.4. The molecule has 2 aromatic carbocycles. The standard InChI is InChI=1S/C20H21N5O3S/c1-13-5-3-4-6-17(13)28-11-18-23-20(25-24-18)29-12-19(27)22-16-9-7-15(8-10-16)21-14(2)26/h3-10H,11-12H2,1-2H3,(H,21,26)(H,22,27)(H,23,24,25). The molecule has 0 saturated carbocycles. The summed E-state index contributed by atoms with van der Waals surface area (Å²) in [6, 6.07) is 14.6. The summed E-state index contributed by atoms with van der Waals surface area (Å²) in [5.41, 5.74) is 2.36. The Kier molecular flexibility index (Phi) is 6.85. The van der Waals surface area contributed by atoms with Crippen molar-refractivity contribution >= 4 is 35.0 Å². The summed E-state index contributed by atoms with van der Waals surface area (Å²) in [7, 11) is 0. The van der Waals surface area contributed by atoms with Gasteiger partial charge in [-0.05, 0) is 42.8 Å². The molecule has 0 atom stereocenters. The van der Waals surface area contributed by atoms with Crippen LogP contribution in [0.2, 0.25) is 0 Å². The molecule has 3 rings (SSSR count). The number of carbonyl (C=O) groups is 2. The number of benzene rings is 2. The largest absolute Gasteiger partial charge is 0.485 e. The van der Waals surface area contributed by atoms with Gasteiger partial charge in [0.1, 0.15) is 12.4 Å². The Labute approximate surface area is 172 Å². The number of thioether (sulfide) groups is 1. The maximum Gasteiger partial charge on any atom is 0.234 e. The van der Waals surface area contributed by atoms with Crippen LogP contribution in [0.15, 0.2) is 53.7 Å². The number of nitrogens with zero attached hydrogens (tertiary/aromatic N) is 2. The molecule has 0 fully saturated rings. The van der Waals surface area contributed by atoms with Gasteiger partial charge in [0.2, 0.25) is 17.0 Å². The molecule has 2 amide bonds. The van der Waals surface area contributed by atoms with E-state index in [1.807, 2.05) is 31.2 Å². The Balaban J connectivity index is 1.44. The number of hydrogen-bond acceptors (Lipinski definition) is 6. The highest BCUT2D eigenvalue weighted by Crippen LogP contribution is 2.19. The number of aromatic amines is 1. The highest BCUT2D eigenvalue weighted by molar-refractivity contribution is 7.99. The highest BCUT2D eigenvalue weighted by atomic mass is 32.2. The van der Waals surface area contributed by atoms with Crippen LogP contribution >= 0.6 is 11.8 Å². The van der Waals surface area contributed by atoms with E-state index < -0.39 is 0 Å². The van der Waals surface area contributed by atoms with E-state index in [-0.39, 0.29) is 24.2 Å². The first-order valence-electron chi connectivity index (χ1n) is 8.89. The summed E-state index contributed by atoms with van der Waals surface area (Å²) < 4.78 is 5.73. The van der Waals surface area contributed by atoms with Gasteiger partial charge < -0.3 is 15.4 Å². The number of aromatic nitrogens is 3. The van der Waals surface area contributed by atoms with Gasteiger partial charge in [-0.1, -0.05) is 30.0 Å². The highest BCUT2D eigenvalue weighted by Gasteiger charge is 2.09. The predicted octanol–water partition coefficient (Wildman–Crippen LogP) is 3.38. The third-order valence-corrected chi connectivity index (χ3v) is 4.64. The molecule has 0 saturated heterocycles. The Morgan fingerprint density at radius 3 is 2.45 bits per heavy atom. The third kappa shape index (κ3) is 6.35. The average Bonchev–Trinajstić information content (AvgIpc) is 3.15. The van der Waals surface area contributed by atoms with Gasteiger partial charge in [-0.15, -0.1) is 5.10 Å². The molecule has 150 valence electrons. The lowest BCUT2D eigenvalue weighted by molar-refractivity contribution is -0.114. The van der Waals surface area contributed by atoms with Crippen molar-refractivity contribution < 1.29 is 14.3 Å². The summed E-state index contributed by atoms with van der Waals surface area (Å²) in [5, 5.41) is 12.9. The summed E-state index contributed by atoms with van der Waals surface area (Å²) >= 11 is 1.23. The predicted molar refractivity (Wildman–Crippen MR) is 112 cm³/mol. The van der Waals surface area contributed by atoms with Gasteiger partial charge in [-0.2, -0.15) is 0 Å². The third-order valence-electron chi connectivity index (χ3n) is 3.79. The molecule has 0 unspecified atom stereocenters. The Morgan fingerprint density at radius 1 is 1.07 bits per heavy atom. The van der Waals surface area contributed by atoms with Gasteiger partial charge >= 0.3 is 0 Å². The minimum Gasteiger partial charge on any atom is -0.485 e. The van der Waals surface area contributed by atoms with Gasteiger partial charge in [0, 0.05) is 18.3 Å². The van der Waals surface area contributed by atoms with Crippen molar-refractivity contribution in [2.24, 2.45) is 0 Å². The molecule has 9 heteroatoms. The fourth-order valence-corrected chi connectivity index (χ4v) is 3.06. The molecule has 1 aromatic heterocycles. The van der Waals surface area contributed by atoms with Gasteiger partial charge in [0.05, 0.1) is 5.75 Å². The second kappa shape index (κ2) is 9.74. The van der Waals surface area contributed by atoms with Crippen LogP contribution in [0.1, 0.15) is 18.3 Å². The van der Waals surface area contributed by atoms with Crippen LogP contribution in [-0.2, 0) is 16.2 Å². The molecule has 0 bridgehead atoms. The molecule has 0 aliphatic heterocycles. The van der Waals surface area contributed by atoms with E-state index in [0.29, 0.717) is 22.4 Å². The fourth-order valence-electron chi connectivity index (χ4n) is 2.44. The second-order valence-electron chi connectivity index (χ2n) is 6.21. The molecule has 1 heterocycles. The lowest BCUT2D eigenvalue weighted by Gasteiger charge is -2.06. The number of para-hydroxylation sites is 1. The first kappa shape index (κ1) is 20.4. The number of aryl methyl sites for hydroxylation is 1. The van der Waals surface area contributed by atoms with Crippen LogP contribution in [0, 0.1) is 6.92 Å². The van der Waals surface area contributed by atoms with Crippen molar-refractivity contribution in [3.05, 3.63) is 59.9 Å². The molecule has 0 spiro atoms. The Hall–Kier alpha value is -3.33. The number of carbonyl (C=O) groups excluding carboxylic acids is 2. The Morgan fingerprint density at radius 2 is 1.76 bits per heavy atom. The average molecular weight is 411 g/mol.